The Morgan fingerprint density at radius 1 is 1.27 bits per heavy atom. The summed E-state index contributed by atoms with van der Waals surface area (Å²) in [4.78, 5) is 11.0. The number of benzene rings is 2. The molecule has 7 heteroatoms. The number of ether oxygens (including phenoxy) is 2. The van der Waals surface area contributed by atoms with Gasteiger partial charge >= 0.3 is 5.69 Å². The van der Waals surface area contributed by atoms with Gasteiger partial charge in [0, 0.05) is 25.8 Å². The summed E-state index contributed by atoms with van der Waals surface area (Å²) < 4.78 is 11.1. The van der Waals surface area contributed by atoms with Crippen molar-refractivity contribution in [3.63, 3.8) is 0 Å². The number of nitro benzene ring substituents is 1. The van der Waals surface area contributed by atoms with Crippen LogP contribution < -0.4 is 10.1 Å². The van der Waals surface area contributed by atoms with Crippen molar-refractivity contribution >= 4 is 17.3 Å². The molecule has 1 unspecified atom stereocenters. The zero-order chi connectivity index (χ0) is 18.4. The van der Waals surface area contributed by atoms with Gasteiger partial charge in [-0.2, -0.15) is 0 Å². The molecule has 1 aliphatic rings. The smallest absolute Gasteiger partial charge is 0.311 e. The Balaban J connectivity index is 1.66. The van der Waals surface area contributed by atoms with Gasteiger partial charge in [-0.15, -0.1) is 0 Å². The molecule has 0 aliphatic carbocycles. The summed E-state index contributed by atoms with van der Waals surface area (Å²) in [5.74, 6) is 1.06. The van der Waals surface area contributed by atoms with E-state index in [0.717, 1.165) is 38.2 Å². The second kappa shape index (κ2) is 8.98. The van der Waals surface area contributed by atoms with Crippen LogP contribution >= 0.6 is 11.6 Å². The zero-order valence-electron chi connectivity index (χ0n) is 14.3. The van der Waals surface area contributed by atoms with Crippen molar-refractivity contribution in [2.75, 3.05) is 19.8 Å². The molecule has 26 heavy (non-hydrogen) atoms. The molecular formula is C19H21ClN2O4. The minimum Gasteiger partial charge on any atom is -0.449 e. The first-order chi connectivity index (χ1) is 12.6. The van der Waals surface area contributed by atoms with Crippen molar-refractivity contribution in [1.29, 1.82) is 0 Å². The number of hydrogen-bond acceptors (Lipinski definition) is 5. The number of nitrogens with one attached hydrogen (secondary N) is 1. The summed E-state index contributed by atoms with van der Waals surface area (Å²) in [6, 6.07) is 11.9. The molecule has 1 atom stereocenters. The fourth-order valence-electron chi connectivity index (χ4n) is 2.94. The summed E-state index contributed by atoms with van der Waals surface area (Å²) in [5.41, 5.74) is 0.755. The normalized spacial score (nSPS) is 17.0. The van der Waals surface area contributed by atoms with Crippen molar-refractivity contribution in [3.05, 3.63) is 63.2 Å². The minimum atomic E-state index is -0.440. The summed E-state index contributed by atoms with van der Waals surface area (Å²) in [7, 11) is 0. The Labute approximate surface area is 157 Å². The van der Waals surface area contributed by atoms with Crippen LogP contribution in [0.5, 0.6) is 11.5 Å². The van der Waals surface area contributed by atoms with Crippen molar-refractivity contribution in [2.24, 2.45) is 5.92 Å². The second-order valence-corrected chi connectivity index (χ2v) is 6.71. The molecule has 0 radical (unpaired) electrons. The molecule has 6 nitrogen and oxygen atoms in total. The number of nitro groups is 1. The van der Waals surface area contributed by atoms with E-state index in [2.05, 4.69) is 5.32 Å². The summed E-state index contributed by atoms with van der Waals surface area (Å²) in [6.45, 7) is 3.02. The van der Waals surface area contributed by atoms with E-state index in [4.69, 9.17) is 21.1 Å². The number of halogens is 1. The Bertz CT molecular complexity index is 763. The largest absolute Gasteiger partial charge is 0.449 e. The van der Waals surface area contributed by atoms with Crippen LogP contribution in [0.25, 0.3) is 0 Å². The lowest BCUT2D eigenvalue weighted by Gasteiger charge is -2.22. The highest BCUT2D eigenvalue weighted by atomic mass is 35.5. The first kappa shape index (κ1) is 18.6. The van der Waals surface area contributed by atoms with Crippen LogP contribution in [-0.4, -0.2) is 24.7 Å². The lowest BCUT2D eigenvalue weighted by Crippen LogP contribution is -2.28. The van der Waals surface area contributed by atoms with Gasteiger partial charge in [0.1, 0.15) is 5.75 Å². The average molecular weight is 377 g/mol. The van der Waals surface area contributed by atoms with E-state index < -0.39 is 4.92 Å². The minimum absolute atomic E-state index is 0.0785. The second-order valence-electron chi connectivity index (χ2n) is 6.31. The first-order valence-corrected chi connectivity index (χ1v) is 8.99. The highest BCUT2D eigenvalue weighted by Crippen LogP contribution is 2.35. The van der Waals surface area contributed by atoms with Crippen molar-refractivity contribution in [2.45, 2.75) is 19.4 Å². The Hall–Kier alpha value is -2.15. The van der Waals surface area contributed by atoms with Crippen LogP contribution in [0.1, 0.15) is 18.4 Å². The predicted molar refractivity (Wildman–Crippen MR) is 99.9 cm³/mol. The van der Waals surface area contributed by atoms with Crippen LogP contribution in [0, 0.1) is 16.0 Å². The van der Waals surface area contributed by atoms with Gasteiger partial charge < -0.3 is 14.8 Å². The topological polar surface area (TPSA) is 73.6 Å². The summed E-state index contributed by atoms with van der Waals surface area (Å²) in [5, 5.41) is 15.2. The van der Waals surface area contributed by atoms with E-state index >= 15 is 0 Å². The van der Waals surface area contributed by atoms with Gasteiger partial charge in [0.05, 0.1) is 16.6 Å². The van der Waals surface area contributed by atoms with Crippen molar-refractivity contribution in [3.8, 4) is 11.5 Å². The molecule has 0 saturated carbocycles. The fourth-order valence-corrected chi connectivity index (χ4v) is 3.11. The van der Waals surface area contributed by atoms with Crippen molar-refractivity contribution in [1.82, 2.24) is 5.32 Å². The summed E-state index contributed by atoms with van der Waals surface area (Å²) >= 11 is 6.06. The number of nitrogens with zero attached hydrogens (tertiary/aromatic N) is 1. The van der Waals surface area contributed by atoms with Crippen LogP contribution in [0.3, 0.4) is 0 Å². The van der Waals surface area contributed by atoms with E-state index in [1.165, 1.54) is 6.07 Å². The molecule has 2 aromatic carbocycles. The molecule has 0 amide bonds. The van der Waals surface area contributed by atoms with Gasteiger partial charge in [-0.05, 0) is 42.5 Å². The third kappa shape index (κ3) is 4.94. The van der Waals surface area contributed by atoms with Crippen LogP contribution in [0.15, 0.2) is 42.5 Å². The Morgan fingerprint density at radius 3 is 2.85 bits per heavy atom. The van der Waals surface area contributed by atoms with E-state index in [1.54, 1.807) is 30.3 Å². The highest BCUT2D eigenvalue weighted by molar-refractivity contribution is 6.32. The quantitative estimate of drug-likeness (QED) is 0.566. The number of para-hydroxylation sites is 1. The predicted octanol–water partition coefficient (Wildman–Crippen LogP) is 4.56. The van der Waals surface area contributed by atoms with E-state index in [1.807, 2.05) is 6.07 Å². The lowest BCUT2D eigenvalue weighted by atomic mass is 10.0. The molecule has 1 saturated heterocycles. The maximum absolute atomic E-state index is 11.4. The number of rotatable bonds is 7. The van der Waals surface area contributed by atoms with Gasteiger partial charge in [-0.25, -0.2) is 0 Å². The fraction of sp³-hybridized carbons (Fsp3) is 0.368. The van der Waals surface area contributed by atoms with Gasteiger partial charge in [0.2, 0.25) is 5.75 Å². The molecule has 1 N–H and O–H groups in total. The Kier molecular flexibility index (Phi) is 6.44. The molecule has 1 heterocycles. The van der Waals surface area contributed by atoms with Gasteiger partial charge in [-0.1, -0.05) is 29.8 Å². The monoisotopic (exact) mass is 376 g/mol. The maximum Gasteiger partial charge on any atom is 0.311 e. The lowest BCUT2D eigenvalue weighted by molar-refractivity contribution is -0.385. The molecular weight excluding hydrogens is 356 g/mol. The molecule has 2 aromatic rings. The molecule has 0 bridgehead atoms. The van der Waals surface area contributed by atoms with E-state index in [0.29, 0.717) is 23.2 Å². The molecule has 3 rings (SSSR count). The van der Waals surface area contributed by atoms with E-state index in [-0.39, 0.29) is 11.4 Å². The van der Waals surface area contributed by atoms with Gasteiger partial charge in [0.25, 0.3) is 0 Å². The highest BCUT2D eigenvalue weighted by Gasteiger charge is 2.18. The van der Waals surface area contributed by atoms with Crippen LogP contribution in [0.2, 0.25) is 5.02 Å². The first-order valence-electron chi connectivity index (χ1n) is 8.61. The van der Waals surface area contributed by atoms with Gasteiger partial charge in [0.15, 0.2) is 0 Å². The van der Waals surface area contributed by atoms with Crippen molar-refractivity contribution < 1.29 is 14.4 Å². The zero-order valence-corrected chi connectivity index (χ0v) is 15.1. The van der Waals surface area contributed by atoms with Crippen LogP contribution in [-0.2, 0) is 11.3 Å². The summed E-state index contributed by atoms with van der Waals surface area (Å²) in [6.07, 6.45) is 2.24. The average Bonchev–Trinajstić information content (AvgIpc) is 2.65. The standard InChI is InChI=1S/C19H21ClN2O4/c20-16-5-1-2-6-18(16)26-19-8-7-14(10-17(19)22(23)24)11-21-12-15-4-3-9-25-13-15/h1-2,5-8,10,15,21H,3-4,9,11-13H2. The third-order valence-corrected chi connectivity index (χ3v) is 4.61. The van der Waals surface area contributed by atoms with Gasteiger partial charge in [-0.3, -0.25) is 10.1 Å². The number of hydrogen-bond donors (Lipinski definition) is 1. The SMILES string of the molecule is O=[N+]([O-])c1cc(CNCC2CCCOC2)ccc1Oc1ccccc1Cl. The maximum atomic E-state index is 11.4. The van der Waals surface area contributed by atoms with E-state index in [9.17, 15) is 10.1 Å². The molecule has 0 aromatic heterocycles. The Morgan fingerprint density at radius 2 is 2.12 bits per heavy atom. The molecule has 138 valence electrons. The molecule has 0 spiro atoms. The van der Waals surface area contributed by atoms with Crippen LogP contribution in [0.4, 0.5) is 5.69 Å². The molecule has 1 aliphatic heterocycles. The third-order valence-electron chi connectivity index (χ3n) is 4.29. The molecule has 1 fully saturated rings.